The number of Topliss-reactive ketones (excluding diaryl/α,β-unsaturated/α-hetero) is 1. The zero-order valence-corrected chi connectivity index (χ0v) is 10.2. The van der Waals surface area contributed by atoms with Gasteiger partial charge in [0.1, 0.15) is 11.5 Å². The number of rotatable bonds is 4. The van der Waals surface area contributed by atoms with Gasteiger partial charge in [0.05, 0.1) is 6.20 Å². The van der Waals surface area contributed by atoms with Crippen molar-refractivity contribution >= 4 is 17.2 Å². The van der Waals surface area contributed by atoms with E-state index in [4.69, 9.17) is 5.73 Å². The van der Waals surface area contributed by atoms with E-state index in [2.05, 4.69) is 4.98 Å². The van der Waals surface area contributed by atoms with Crippen molar-refractivity contribution in [2.24, 2.45) is 0 Å². The van der Waals surface area contributed by atoms with Gasteiger partial charge >= 0.3 is 0 Å². The van der Waals surface area contributed by atoms with Gasteiger partial charge in [-0.3, -0.25) is 4.79 Å². The van der Waals surface area contributed by atoms with Crippen LogP contribution in [0.2, 0.25) is 0 Å². The number of hydrogen-bond donors (Lipinski definition) is 1. The average Bonchev–Trinajstić information content (AvgIpc) is 2.73. The summed E-state index contributed by atoms with van der Waals surface area (Å²) < 4.78 is 1.76. The number of allylic oxidation sites excluding steroid dienone is 4. The van der Waals surface area contributed by atoms with Crippen LogP contribution in [0.15, 0.2) is 48.8 Å². The number of nitrogens with zero attached hydrogens (tertiary/aromatic N) is 2. The summed E-state index contributed by atoms with van der Waals surface area (Å²) in [6, 6.07) is 3.56. The summed E-state index contributed by atoms with van der Waals surface area (Å²) in [4.78, 5) is 16.0. The van der Waals surface area contributed by atoms with Crippen LogP contribution in [-0.2, 0) is 0 Å². The lowest BCUT2D eigenvalue weighted by atomic mass is 10.1. The molecule has 0 saturated carbocycles. The van der Waals surface area contributed by atoms with Crippen molar-refractivity contribution in [1.82, 2.24) is 9.38 Å². The lowest BCUT2D eigenvalue weighted by Crippen LogP contribution is -1.99. The fourth-order valence-corrected chi connectivity index (χ4v) is 1.66. The van der Waals surface area contributed by atoms with Gasteiger partial charge in [0.2, 0.25) is 0 Å². The summed E-state index contributed by atoms with van der Waals surface area (Å²) in [6.07, 6.45) is 11.4. The molecule has 0 aliphatic heterocycles. The Labute approximate surface area is 105 Å². The monoisotopic (exact) mass is 241 g/mol. The third-order valence-corrected chi connectivity index (χ3v) is 2.53. The SMILES string of the molecule is C/C=C\C=C/CC(=O)c1ccc2nc(N)cn2c1. The first-order chi connectivity index (χ1) is 8.70. The fourth-order valence-electron chi connectivity index (χ4n) is 1.66. The quantitative estimate of drug-likeness (QED) is 0.661. The molecule has 0 fully saturated rings. The Kier molecular flexibility index (Phi) is 3.57. The minimum Gasteiger partial charge on any atom is -0.382 e. The van der Waals surface area contributed by atoms with Crippen LogP contribution in [0.3, 0.4) is 0 Å². The van der Waals surface area contributed by atoms with E-state index >= 15 is 0 Å². The molecule has 0 aromatic carbocycles. The van der Waals surface area contributed by atoms with Crippen molar-refractivity contribution in [3.63, 3.8) is 0 Å². The molecule has 2 N–H and O–H groups in total. The van der Waals surface area contributed by atoms with E-state index in [1.807, 2.05) is 31.2 Å². The number of carbonyl (C=O) groups excluding carboxylic acids is 1. The second-order valence-corrected chi connectivity index (χ2v) is 3.93. The normalized spacial score (nSPS) is 11.8. The predicted octanol–water partition coefficient (Wildman–Crippen LogP) is 2.62. The molecule has 0 atom stereocenters. The average molecular weight is 241 g/mol. The minimum absolute atomic E-state index is 0.0740. The number of imidazole rings is 1. The molecule has 0 bridgehead atoms. The summed E-state index contributed by atoms with van der Waals surface area (Å²) in [5, 5.41) is 0. The van der Waals surface area contributed by atoms with Gasteiger partial charge < -0.3 is 10.1 Å². The maximum absolute atomic E-state index is 11.9. The van der Waals surface area contributed by atoms with Gasteiger partial charge in [0.25, 0.3) is 0 Å². The molecule has 0 saturated heterocycles. The van der Waals surface area contributed by atoms with Gasteiger partial charge in [0, 0.05) is 18.2 Å². The van der Waals surface area contributed by atoms with Crippen LogP contribution in [0.4, 0.5) is 5.82 Å². The van der Waals surface area contributed by atoms with Gasteiger partial charge in [-0.2, -0.15) is 0 Å². The molecule has 0 radical (unpaired) electrons. The summed E-state index contributed by atoms with van der Waals surface area (Å²) in [5.74, 6) is 0.525. The zero-order chi connectivity index (χ0) is 13.0. The number of aromatic nitrogens is 2. The summed E-state index contributed by atoms with van der Waals surface area (Å²) in [6.45, 7) is 1.93. The van der Waals surface area contributed by atoms with Gasteiger partial charge in [-0.15, -0.1) is 0 Å². The van der Waals surface area contributed by atoms with Gasteiger partial charge in [0.15, 0.2) is 5.78 Å². The number of ketones is 1. The highest BCUT2D eigenvalue weighted by Gasteiger charge is 2.05. The first-order valence-corrected chi connectivity index (χ1v) is 5.76. The number of carbonyl (C=O) groups is 1. The first-order valence-electron chi connectivity index (χ1n) is 5.76. The van der Waals surface area contributed by atoms with Gasteiger partial charge in [-0.05, 0) is 19.1 Å². The second-order valence-electron chi connectivity index (χ2n) is 3.93. The topological polar surface area (TPSA) is 60.4 Å². The second kappa shape index (κ2) is 5.31. The zero-order valence-electron chi connectivity index (χ0n) is 10.2. The fraction of sp³-hybridized carbons (Fsp3) is 0.143. The molecule has 4 heteroatoms. The minimum atomic E-state index is 0.0740. The van der Waals surface area contributed by atoms with Gasteiger partial charge in [-0.25, -0.2) is 4.98 Å². The highest BCUT2D eigenvalue weighted by atomic mass is 16.1. The van der Waals surface area contributed by atoms with Crippen LogP contribution in [0.1, 0.15) is 23.7 Å². The molecule has 0 unspecified atom stereocenters. The van der Waals surface area contributed by atoms with Crippen molar-refractivity contribution in [3.05, 3.63) is 54.4 Å². The molecule has 18 heavy (non-hydrogen) atoms. The molecule has 92 valence electrons. The Hall–Kier alpha value is -2.36. The molecule has 0 spiro atoms. The Balaban J connectivity index is 2.17. The Morgan fingerprint density at radius 1 is 1.39 bits per heavy atom. The Morgan fingerprint density at radius 2 is 2.22 bits per heavy atom. The van der Waals surface area contributed by atoms with E-state index < -0.39 is 0 Å². The number of nitrogen functional groups attached to an aromatic ring is 1. The molecule has 2 aromatic rings. The summed E-state index contributed by atoms with van der Waals surface area (Å²) in [7, 11) is 0. The number of nitrogens with two attached hydrogens (primary N) is 1. The van der Waals surface area contributed by atoms with Crippen LogP contribution in [0, 0.1) is 0 Å². The first kappa shape index (κ1) is 12.1. The number of pyridine rings is 1. The number of anilines is 1. The van der Waals surface area contributed by atoms with Crippen LogP contribution >= 0.6 is 0 Å². The van der Waals surface area contributed by atoms with E-state index in [1.54, 1.807) is 28.9 Å². The number of fused-ring (bicyclic) bond motifs is 1. The highest BCUT2D eigenvalue weighted by Crippen LogP contribution is 2.10. The smallest absolute Gasteiger partial charge is 0.168 e. The van der Waals surface area contributed by atoms with E-state index in [1.165, 1.54) is 0 Å². The lowest BCUT2D eigenvalue weighted by Gasteiger charge is -1.99. The molecule has 0 amide bonds. The third-order valence-electron chi connectivity index (χ3n) is 2.53. The van der Waals surface area contributed by atoms with Crippen molar-refractivity contribution in [3.8, 4) is 0 Å². The summed E-state index contributed by atoms with van der Waals surface area (Å²) >= 11 is 0. The molecule has 2 heterocycles. The van der Waals surface area contributed by atoms with Crippen molar-refractivity contribution in [1.29, 1.82) is 0 Å². The van der Waals surface area contributed by atoms with E-state index in [9.17, 15) is 4.79 Å². The van der Waals surface area contributed by atoms with Gasteiger partial charge in [-0.1, -0.05) is 24.3 Å². The molecular weight excluding hydrogens is 226 g/mol. The third kappa shape index (κ3) is 2.66. The van der Waals surface area contributed by atoms with E-state index in [0.717, 1.165) is 5.65 Å². The Morgan fingerprint density at radius 3 is 3.00 bits per heavy atom. The molecule has 0 aliphatic carbocycles. The van der Waals surface area contributed by atoms with Crippen molar-refractivity contribution < 1.29 is 4.79 Å². The maximum atomic E-state index is 11.9. The molecule has 4 nitrogen and oxygen atoms in total. The van der Waals surface area contributed by atoms with Crippen LogP contribution in [0.5, 0.6) is 0 Å². The summed E-state index contributed by atoms with van der Waals surface area (Å²) in [5.41, 5.74) is 7.00. The molecular formula is C14H15N3O. The molecule has 2 rings (SSSR count). The molecule has 0 aliphatic rings. The predicted molar refractivity (Wildman–Crippen MR) is 72.5 cm³/mol. The molecule has 2 aromatic heterocycles. The Bertz CT molecular complexity index is 623. The van der Waals surface area contributed by atoms with Crippen LogP contribution in [0.25, 0.3) is 5.65 Å². The lowest BCUT2D eigenvalue weighted by molar-refractivity contribution is 0.0995. The number of hydrogen-bond acceptors (Lipinski definition) is 3. The van der Waals surface area contributed by atoms with Crippen molar-refractivity contribution in [2.75, 3.05) is 5.73 Å². The van der Waals surface area contributed by atoms with Crippen LogP contribution in [-0.4, -0.2) is 15.2 Å². The van der Waals surface area contributed by atoms with E-state index in [0.29, 0.717) is 17.8 Å². The maximum Gasteiger partial charge on any atom is 0.168 e. The largest absolute Gasteiger partial charge is 0.382 e. The van der Waals surface area contributed by atoms with E-state index in [-0.39, 0.29) is 5.78 Å². The highest BCUT2D eigenvalue weighted by molar-refractivity contribution is 5.97. The standard InChI is InChI=1S/C14H15N3O/c1-2-3-4-5-6-12(18)11-7-8-14-16-13(15)10-17(14)9-11/h2-5,7-10H,6,15H2,1H3/b3-2-,5-4-. The van der Waals surface area contributed by atoms with Crippen molar-refractivity contribution in [2.45, 2.75) is 13.3 Å². The van der Waals surface area contributed by atoms with Crippen LogP contribution < -0.4 is 5.73 Å².